The lowest BCUT2D eigenvalue weighted by Crippen LogP contribution is -2.37. The van der Waals surface area contributed by atoms with E-state index in [9.17, 15) is 14.4 Å². The average molecular weight is 304 g/mol. The predicted molar refractivity (Wildman–Crippen MR) is 81.3 cm³/mol. The summed E-state index contributed by atoms with van der Waals surface area (Å²) in [6, 6.07) is 4.91. The van der Waals surface area contributed by atoms with Crippen LogP contribution in [-0.4, -0.2) is 24.5 Å². The molecule has 118 valence electrons. The minimum absolute atomic E-state index is 0.100. The number of carbonyl (C=O) groups excluding carboxylic acids is 3. The second-order valence-electron chi connectivity index (χ2n) is 5.75. The highest BCUT2D eigenvalue weighted by Gasteiger charge is 2.40. The van der Waals surface area contributed by atoms with Crippen LogP contribution in [0, 0.1) is 25.7 Å². The van der Waals surface area contributed by atoms with Gasteiger partial charge in [-0.2, -0.15) is 0 Å². The summed E-state index contributed by atoms with van der Waals surface area (Å²) in [5, 5.41) is 4.72. The Bertz CT molecular complexity index is 612. The number of urea groups is 1. The zero-order valence-electron chi connectivity index (χ0n) is 12.9. The molecule has 0 heterocycles. The van der Waals surface area contributed by atoms with Gasteiger partial charge in [0.2, 0.25) is 0 Å². The highest BCUT2D eigenvalue weighted by molar-refractivity contribution is 6.02. The van der Waals surface area contributed by atoms with Crippen molar-refractivity contribution < 1.29 is 19.1 Å². The van der Waals surface area contributed by atoms with E-state index in [4.69, 9.17) is 4.74 Å². The van der Waals surface area contributed by atoms with Crippen LogP contribution in [0.5, 0.6) is 0 Å². The van der Waals surface area contributed by atoms with Gasteiger partial charge in [0.1, 0.15) is 0 Å². The summed E-state index contributed by atoms with van der Waals surface area (Å²) in [6.45, 7) is 5.32. The van der Waals surface area contributed by atoms with Crippen molar-refractivity contribution in [1.29, 1.82) is 0 Å². The Morgan fingerprint density at radius 2 is 1.95 bits per heavy atom. The topological polar surface area (TPSA) is 84.5 Å². The van der Waals surface area contributed by atoms with Gasteiger partial charge in [0.05, 0.1) is 5.92 Å². The number of anilines is 1. The summed E-state index contributed by atoms with van der Waals surface area (Å²) in [6.07, 6.45) is 0.799. The van der Waals surface area contributed by atoms with Gasteiger partial charge in [-0.3, -0.25) is 14.9 Å². The summed E-state index contributed by atoms with van der Waals surface area (Å²) in [5.41, 5.74) is 2.61. The van der Waals surface area contributed by atoms with Crippen molar-refractivity contribution in [2.24, 2.45) is 11.8 Å². The van der Waals surface area contributed by atoms with E-state index in [1.807, 2.05) is 32.9 Å². The number of carbonyl (C=O) groups is 3. The molecular weight excluding hydrogens is 284 g/mol. The van der Waals surface area contributed by atoms with Crippen LogP contribution in [0.25, 0.3) is 0 Å². The van der Waals surface area contributed by atoms with E-state index in [-0.39, 0.29) is 11.9 Å². The number of esters is 1. The zero-order valence-corrected chi connectivity index (χ0v) is 12.9. The molecule has 0 aromatic heterocycles. The van der Waals surface area contributed by atoms with Crippen LogP contribution in [0.15, 0.2) is 18.2 Å². The Labute approximate surface area is 129 Å². The minimum atomic E-state index is -0.649. The Balaban J connectivity index is 1.76. The standard InChI is InChI=1S/C16H20N2O4/c1-9-4-5-13(11(3)6-9)17-16(21)18-14(19)8-22-15(20)12-7-10(12)2/h4-6,10,12H,7-8H2,1-3H3,(H2,17,18,19,21)/t10-,12-/m0/s1. The average Bonchev–Trinajstić information content (AvgIpc) is 3.16. The molecule has 1 aliphatic rings. The summed E-state index contributed by atoms with van der Waals surface area (Å²) < 4.78 is 4.86. The third-order valence-corrected chi connectivity index (χ3v) is 3.64. The minimum Gasteiger partial charge on any atom is -0.455 e. The molecule has 1 saturated carbocycles. The van der Waals surface area contributed by atoms with E-state index in [1.165, 1.54) is 0 Å². The molecule has 0 saturated heterocycles. The zero-order chi connectivity index (χ0) is 16.3. The third kappa shape index (κ3) is 4.31. The van der Waals surface area contributed by atoms with Crippen LogP contribution >= 0.6 is 0 Å². The van der Waals surface area contributed by atoms with Gasteiger partial charge in [-0.15, -0.1) is 0 Å². The van der Waals surface area contributed by atoms with E-state index in [1.54, 1.807) is 6.07 Å². The summed E-state index contributed by atoms with van der Waals surface area (Å²) in [7, 11) is 0. The molecule has 6 nitrogen and oxygen atoms in total. The van der Waals surface area contributed by atoms with Crippen molar-refractivity contribution in [1.82, 2.24) is 5.32 Å². The van der Waals surface area contributed by atoms with Gasteiger partial charge in [0.15, 0.2) is 6.61 Å². The quantitative estimate of drug-likeness (QED) is 0.835. The SMILES string of the molecule is Cc1ccc(NC(=O)NC(=O)COC(=O)[C@H]2C[C@@H]2C)c(C)c1. The molecule has 6 heteroatoms. The lowest BCUT2D eigenvalue weighted by Gasteiger charge is -2.10. The van der Waals surface area contributed by atoms with E-state index >= 15 is 0 Å². The van der Waals surface area contributed by atoms with Crippen LogP contribution in [0.1, 0.15) is 24.5 Å². The number of hydrogen-bond acceptors (Lipinski definition) is 4. The van der Waals surface area contributed by atoms with E-state index in [0.29, 0.717) is 11.6 Å². The first-order valence-electron chi connectivity index (χ1n) is 7.21. The van der Waals surface area contributed by atoms with Crippen molar-refractivity contribution in [3.63, 3.8) is 0 Å². The molecule has 2 rings (SSSR count). The Kier molecular flexibility index (Phi) is 4.80. The van der Waals surface area contributed by atoms with E-state index in [0.717, 1.165) is 17.5 Å². The molecule has 1 aliphatic carbocycles. The first-order chi connectivity index (χ1) is 10.4. The molecule has 1 fully saturated rings. The molecule has 0 unspecified atom stereocenters. The van der Waals surface area contributed by atoms with Gasteiger partial charge < -0.3 is 10.1 Å². The van der Waals surface area contributed by atoms with Gasteiger partial charge in [-0.25, -0.2) is 4.79 Å². The molecule has 22 heavy (non-hydrogen) atoms. The second kappa shape index (κ2) is 6.60. The van der Waals surface area contributed by atoms with Crippen LogP contribution in [0.4, 0.5) is 10.5 Å². The highest BCUT2D eigenvalue weighted by atomic mass is 16.5. The summed E-state index contributed by atoms with van der Waals surface area (Å²) in [5.74, 6) is -0.804. The second-order valence-corrected chi connectivity index (χ2v) is 5.75. The lowest BCUT2D eigenvalue weighted by atomic mass is 10.1. The van der Waals surface area contributed by atoms with Crippen molar-refractivity contribution in [3.05, 3.63) is 29.3 Å². The molecule has 0 bridgehead atoms. The summed E-state index contributed by atoms with van der Waals surface area (Å²) in [4.78, 5) is 34.8. The maximum absolute atomic E-state index is 11.7. The fourth-order valence-electron chi connectivity index (χ4n) is 2.16. The summed E-state index contributed by atoms with van der Waals surface area (Å²) >= 11 is 0. The van der Waals surface area contributed by atoms with Gasteiger partial charge in [-0.05, 0) is 37.8 Å². The van der Waals surface area contributed by atoms with Crippen LogP contribution in [0.2, 0.25) is 0 Å². The van der Waals surface area contributed by atoms with Crippen LogP contribution in [0.3, 0.4) is 0 Å². The molecular formula is C16H20N2O4. The molecule has 1 aromatic rings. The molecule has 3 amide bonds. The number of imide groups is 1. The predicted octanol–water partition coefficient (Wildman–Crippen LogP) is 2.15. The Morgan fingerprint density at radius 3 is 2.55 bits per heavy atom. The van der Waals surface area contributed by atoms with Gasteiger partial charge in [-0.1, -0.05) is 24.6 Å². The fourth-order valence-corrected chi connectivity index (χ4v) is 2.16. The number of hydrogen-bond donors (Lipinski definition) is 2. The largest absolute Gasteiger partial charge is 0.455 e. The van der Waals surface area contributed by atoms with Crippen molar-refractivity contribution in [2.45, 2.75) is 27.2 Å². The van der Waals surface area contributed by atoms with Crippen LogP contribution in [-0.2, 0) is 14.3 Å². The van der Waals surface area contributed by atoms with Crippen molar-refractivity contribution >= 4 is 23.6 Å². The molecule has 0 aliphatic heterocycles. The van der Waals surface area contributed by atoms with Gasteiger partial charge in [0.25, 0.3) is 5.91 Å². The Morgan fingerprint density at radius 1 is 1.27 bits per heavy atom. The van der Waals surface area contributed by atoms with E-state index < -0.39 is 18.5 Å². The molecule has 2 atom stereocenters. The number of amides is 3. The first kappa shape index (κ1) is 16.0. The third-order valence-electron chi connectivity index (χ3n) is 3.64. The molecule has 1 aromatic carbocycles. The molecule has 2 N–H and O–H groups in total. The first-order valence-corrected chi connectivity index (χ1v) is 7.21. The number of nitrogens with one attached hydrogen (secondary N) is 2. The normalized spacial score (nSPS) is 19.2. The number of aryl methyl sites for hydroxylation is 2. The molecule has 0 spiro atoms. The van der Waals surface area contributed by atoms with Crippen molar-refractivity contribution in [2.75, 3.05) is 11.9 Å². The number of benzene rings is 1. The number of rotatable bonds is 4. The fraction of sp³-hybridized carbons (Fsp3) is 0.438. The lowest BCUT2D eigenvalue weighted by molar-refractivity contribution is -0.149. The van der Waals surface area contributed by atoms with Crippen molar-refractivity contribution in [3.8, 4) is 0 Å². The smallest absolute Gasteiger partial charge is 0.325 e. The van der Waals surface area contributed by atoms with Gasteiger partial charge >= 0.3 is 12.0 Å². The number of ether oxygens (including phenoxy) is 1. The Hall–Kier alpha value is -2.37. The maximum atomic E-state index is 11.7. The van der Waals surface area contributed by atoms with Gasteiger partial charge in [0, 0.05) is 5.69 Å². The molecule has 0 radical (unpaired) electrons. The van der Waals surface area contributed by atoms with E-state index in [2.05, 4.69) is 10.6 Å². The van der Waals surface area contributed by atoms with Crippen LogP contribution < -0.4 is 10.6 Å². The monoisotopic (exact) mass is 304 g/mol. The maximum Gasteiger partial charge on any atom is 0.325 e. The highest BCUT2D eigenvalue weighted by Crippen LogP contribution is 2.38.